The molecular formula is C8H8O5. The predicted molar refractivity (Wildman–Crippen MR) is 42.0 cm³/mol. The van der Waals surface area contributed by atoms with Gasteiger partial charge in [-0.15, -0.1) is 0 Å². The largest absolute Gasteiger partial charge is 0.475 e. The highest BCUT2D eigenvalue weighted by Crippen LogP contribution is 2.16. The lowest BCUT2D eigenvalue weighted by Crippen LogP contribution is -1.97. The Morgan fingerprint density at radius 2 is 2.00 bits per heavy atom. The van der Waals surface area contributed by atoms with Gasteiger partial charge in [0.1, 0.15) is 0 Å². The highest BCUT2D eigenvalue weighted by atomic mass is 16.4. The van der Waals surface area contributed by atoms with Gasteiger partial charge in [0, 0.05) is 5.56 Å². The van der Waals surface area contributed by atoms with E-state index in [1.54, 1.807) is 6.92 Å². The standard InChI is InChI=1S/C8H8O5/c1-2-4-3-5(7(9)10)13-6(4)8(11)12/h3H,2H2,1H3,(H,9,10)(H,11,12). The highest BCUT2D eigenvalue weighted by Gasteiger charge is 2.19. The minimum absolute atomic E-state index is 0.292. The van der Waals surface area contributed by atoms with Gasteiger partial charge >= 0.3 is 11.9 Å². The molecule has 0 saturated heterocycles. The number of rotatable bonds is 3. The van der Waals surface area contributed by atoms with E-state index in [9.17, 15) is 9.59 Å². The topological polar surface area (TPSA) is 87.7 Å². The highest BCUT2D eigenvalue weighted by molar-refractivity contribution is 5.90. The van der Waals surface area contributed by atoms with Crippen LogP contribution >= 0.6 is 0 Å². The van der Waals surface area contributed by atoms with Crippen LogP contribution in [0.3, 0.4) is 0 Å². The van der Waals surface area contributed by atoms with E-state index < -0.39 is 11.9 Å². The monoisotopic (exact) mass is 184 g/mol. The molecule has 5 nitrogen and oxygen atoms in total. The lowest BCUT2D eigenvalue weighted by Gasteiger charge is -1.90. The van der Waals surface area contributed by atoms with E-state index in [0.717, 1.165) is 0 Å². The average Bonchev–Trinajstić information content (AvgIpc) is 2.47. The van der Waals surface area contributed by atoms with Crippen LogP contribution in [0.1, 0.15) is 33.6 Å². The van der Waals surface area contributed by atoms with Gasteiger partial charge in [-0.05, 0) is 12.5 Å². The molecule has 0 atom stereocenters. The van der Waals surface area contributed by atoms with Gasteiger partial charge in [0.25, 0.3) is 0 Å². The van der Waals surface area contributed by atoms with E-state index in [4.69, 9.17) is 10.2 Å². The number of carbonyl (C=O) groups is 2. The molecule has 2 N–H and O–H groups in total. The molecule has 0 aliphatic heterocycles. The number of aromatic carboxylic acids is 2. The van der Waals surface area contributed by atoms with Crippen molar-refractivity contribution >= 4 is 11.9 Å². The lowest BCUT2D eigenvalue weighted by atomic mass is 10.2. The zero-order chi connectivity index (χ0) is 10.0. The van der Waals surface area contributed by atoms with Gasteiger partial charge in [0.15, 0.2) is 0 Å². The summed E-state index contributed by atoms with van der Waals surface area (Å²) in [6, 6.07) is 1.23. The third-order valence-electron chi connectivity index (χ3n) is 1.59. The Balaban J connectivity index is 3.19. The quantitative estimate of drug-likeness (QED) is 0.737. The smallest absolute Gasteiger partial charge is 0.372 e. The Bertz CT molecular complexity index is 349. The van der Waals surface area contributed by atoms with Crippen LogP contribution in [-0.2, 0) is 6.42 Å². The number of hydrogen-bond acceptors (Lipinski definition) is 3. The Morgan fingerprint density at radius 3 is 2.31 bits per heavy atom. The summed E-state index contributed by atoms with van der Waals surface area (Å²) in [4.78, 5) is 20.9. The van der Waals surface area contributed by atoms with Crippen LogP contribution in [0.5, 0.6) is 0 Å². The number of furan rings is 1. The normalized spacial score (nSPS) is 9.92. The molecule has 5 heteroatoms. The molecule has 0 bridgehead atoms. The van der Waals surface area contributed by atoms with Gasteiger partial charge in [0.05, 0.1) is 0 Å². The predicted octanol–water partition coefficient (Wildman–Crippen LogP) is 1.24. The van der Waals surface area contributed by atoms with Crippen LogP contribution in [0.25, 0.3) is 0 Å². The molecule has 0 unspecified atom stereocenters. The number of aryl methyl sites for hydroxylation is 1. The molecule has 0 spiro atoms. The van der Waals surface area contributed by atoms with Gasteiger partial charge in [-0.3, -0.25) is 0 Å². The third kappa shape index (κ3) is 1.69. The first-order valence-electron chi connectivity index (χ1n) is 3.65. The molecule has 1 aromatic heterocycles. The maximum Gasteiger partial charge on any atom is 0.372 e. The van der Waals surface area contributed by atoms with Crippen molar-refractivity contribution in [1.29, 1.82) is 0 Å². The average molecular weight is 184 g/mol. The summed E-state index contributed by atoms with van der Waals surface area (Å²) in [5.41, 5.74) is 0.393. The first-order chi connectivity index (χ1) is 6.06. The van der Waals surface area contributed by atoms with Crippen molar-refractivity contribution in [1.82, 2.24) is 0 Å². The van der Waals surface area contributed by atoms with Crippen molar-refractivity contribution in [3.05, 3.63) is 23.2 Å². The van der Waals surface area contributed by atoms with Crippen LogP contribution in [0.4, 0.5) is 0 Å². The SMILES string of the molecule is CCc1cc(C(=O)O)oc1C(=O)O. The van der Waals surface area contributed by atoms with Crippen LogP contribution < -0.4 is 0 Å². The summed E-state index contributed by atoms with van der Waals surface area (Å²) in [5, 5.41) is 17.1. The molecule has 0 radical (unpaired) electrons. The minimum atomic E-state index is -1.26. The molecule has 0 fully saturated rings. The second kappa shape index (κ2) is 3.30. The van der Waals surface area contributed by atoms with Crippen LogP contribution in [0, 0.1) is 0 Å². The molecule has 0 aliphatic rings. The van der Waals surface area contributed by atoms with Crippen molar-refractivity contribution in [2.75, 3.05) is 0 Å². The molecule has 0 saturated carbocycles. The van der Waals surface area contributed by atoms with Crippen molar-refractivity contribution in [2.24, 2.45) is 0 Å². The molecule has 1 heterocycles. The summed E-state index contributed by atoms with van der Waals surface area (Å²) in [6.45, 7) is 1.73. The summed E-state index contributed by atoms with van der Waals surface area (Å²) in [7, 11) is 0. The zero-order valence-corrected chi connectivity index (χ0v) is 6.90. The number of hydrogen-bond donors (Lipinski definition) is 2. The molecule has 1 rings (SSSR count). The molecule has 70 valence electrons. The van der Waals surface area contributed by atoms with Gasteiger partial charge in [-0.25, -0.2) is 9.59 Å². The second-order valence-electron chi connectivity index (χ2n) is 2.43. The van der Waals surface area contributed by atoms with Gasteiger partial charge in [-0.2, -0.15) is 0 Å². The maximum absolute atomic E-state index is 10.5. The fourth-order valence-corrected chi connectivity index (χ4v) is 0.978. The van der Waals surface area contributed by atoms with E-state index in [-0.39, 0.29) is 11.5 Å². The van der Waals surface area contributed by atoms with Crippen LogP contribution in [0.15, 0.2) is 10.5 Å². The summed E-state index contributed by atoms with van der Waals surface area (Å²) in [6.07, 6.45) is 0.429. The van der Waals surface area contributed by atoms with Gasteiger partial charge in [0.2, 0.25) is 11.5 Å². The Hall–Kier alpha value is -1.78. The van der Waals surface area contributed by atoms with Crippen LogP contribution in [-0.4, -0.2) is 22.2 Å². The van der Waals surface area contributed by atoms with E-state index in [1.807, 2.05) is 0 Å². The first kappa shape index (κ1) is 9.31. The molecule has 1 aromatic rings. The van der Waals surface area contributed by atoms with Crippen molar-refractivity contribution in [2.45, 2.75) is 13.3 Å². The van der Waals surface area contributed by atoms with E-state index in [2.05, 4.69) is 4.42 Å². The first-order valence-corrected chi connectivity index (χ1v) is 3.65. The van der Waals surface area contributed by atoms with E-state index in [0.29, 0.717) is 12.0 Å². The number of carboxylic acid groups (broad SMARTS) is 2. The van der Waals surface area contributed by atoms with E-state index >= 15 is 0 Å². The van der Waals surface area contributed by atoms with Crippen molar-refractivity contribution < 1.29 is 24.2 Å². The van der Waals surface area contributed by atoms with E-state index in [1.165, 1.54) is 6.07 Å². The second-order valence-corrected chi connectivity index (χ2v) is 2.43. The molecular weight excluding hydrogens is 176 g/mol. The fraction of sp³-hybridized carbons (Fsp3) is 0.250. The lowest BCUT2D eigenvalue weighted by molar-refractivity contribution is 0.0631. The summed E-state index contributed by atoms with van der Waals surface area (Å²) >= 11 is 0. The van der Waals surface area contributed by atoms with Gasteiger partial charge < -0.3 is 14.6 Å². The molecule has 0 amide bonds. The molecule has 0 aromatic carbocycles. The number of carboxylic acids is 2. The summed E-state index contributed by atoms with van der Waals surface area (Å²) in [5.74, 6) is -3.14. The van der Waals surface area contributed by atoms with Gasteiger partial charge in [-0.1, -0.05) is 6.92 Å². The molecule has 0 aliphatic carbocycles. The summed E-state index contributed by atoms with van der Waals surface area (Å²) < 4.78 is 4.63. The minimum Gasteiger partial charge on any atom is -0.475 e. The Kier molecular flexibility index (Phi) is 2.36. The van der Waals surface area contributed by atoms with Crippen LogP contribution in [0.2, 0.25) is 0 Å². The van der Waals surface area contributed by atoms with Crippen molar-refractivity contribution in [3.8, 4) is 0 Å². The Labute approximate surface area is 73.6 Å². The fourth-order valence-electron chi connectivity index (χ4n) is 0.978. The third-order valence-corrected chi connectivity index (χ3v) is 1.59. The zero-order valence-electron chi connectivity index (χ0n) is 6.90. The van der Waals surface area contributed by atoms with Crippen molar-refractivity contribution in [3.63, 3.8) is 0 Å². The molecule has 13 heavy (non-hydrogen) atoms. The maximum atomic E-state index is 10.5. The Morgan fingerprint density at radius 1 is 1.38 bits per heavy atom.